The number of hydrogen-bond acceptors (Lipinski definition) is 2. The molecule has 0 bridgehead atoms. The molecule has 0 spiro atoms. The first-order chi connectivity index (χ1) is 4.48. The third-order valence-electron chi connectivity index (χ3n) is 1.09. The summed E-state index contributed by atoms with van der Waals surface area (Å²) in [4.78, 5) is 0. The minimum absolute atomic E-state index is 0.424. The van der Waals surface area contributed by atoms with Crippen molar-refractivity contribution in [2.75, 3.05) is 0 Å². The topological polar surface area (TPSA) is 34.1 Å². The number of rotatable bonds is 4. The quantitative estimate of drug-likeness (QED) is 0.454. The molecule has 5 heteroatoms. The van der Waals surface area contributed by atoms with Gasteiger partial charge in [-0.05, 0) is 6.42 Å². The molecular weight excluding hydrogens is 286 g/mol. The van der Waals surface area contributed by atoms with Gasteiger partial charge in [0.1, 0.15) is 3.26 Å². The summed E-state index contributed by atoms with van der Waals surface area (Å²) < 4.78 is 20.8. The Hall–Kier alpha value is 0.970. The SMILES string of the molecule is CCCCC(I)S(=O)(=O)Cl. The highest BCUT2D eigenvalue weighted by Crippen LogP contribution is 2.20. The zero-order chi connectivity index (χ0) is 8.20. The molecule has 2 nitrogen and oxygen atoms in total. The van der Waals surface area contributed by atoms with Crippen molar-refractivity contribution in [3.63, 3.8) is 0 Å². The smallest absolute Gasteiger partial charge is 0.211 e. The third-order valence-corrected chi connectivity index (χ3v) is 6.12. The van der Waals surface area contributed by atoms with Crippen LogP contribution in [0.25, 0.3) is 0 Å². The highest BCUT2D eigenvalue weighted by atomic mass is 127. The van der Waals surface area contributed by atoms with Gasteiger partial charge in [-0.15, -0.1) is 0 Å². The Morgan fingerprint density at radius 2 is 2.10 bits per heavy atom. The van der Waals surface area contributed by atoms with Gasteiger partial charge in [0.25, 0.3) is 0 Å². The van der Waals surface area contributed by atoms with E-state index in [0.29, 0.717) is 6.42 Å². The van der Waals surface area contributed by atoms with Crippen LogP contribution in [-0.4, -0.2) is 11.7 Å². The standard InChI is InChI=1S/C5H10ClIO2S/c1-2-3-4-5(7)10(6,8)9/h5H,2-4H2,1H3. The summed E-state index contributed by atoms with van der Waals surface area (Å²) in [6.07, 6.45) is 2.58. The van der Waals surface area contributed by atoms with Crippen molar-refractivity contribution < 1.29 is 8.42 Å². The van der Waals surface area contributed by atoms with Gasteiger partial charge in [0.15, 0.2) is 0 Å². The summed E-state index contributed by atoms with van der Waals surface area (Å²) in [5.41, 5.74) is 0. The molecule has 0 saturated carbocycles. The Labute approximate surface area is 79.9 Å². The van der Waals surface area contributed by atoms with Gasteiger partial charge in [-0.2, -0.15) is 0 Å². The maximum atomic E-state index is 10.6. The van der Waals surface area contributed by atoms with Crippen molar-refractivity contribution in [2.24, 2.45) is 0 Å². The van der Waals surface area contributed by atoms with E-state index in [1.807, 2.05) is 29.5 Å². The van der Waals surface area contributed by atoms with Crippen molar-refractivity contribution in [1.82, 2.24) is 0 Å². The van der Waals surface area contributed by atoms with Gasteiger partial charge < -0.3 is 0 Å². The second kappa shape index (κ2) is 4.77. The van der Waals surface area contributed by atoms with Gasteiger partial charge in [0, 0.05) is 10.7 Å². The molecule has 0 aromatic rings. The first-order valence-corrected chi connectivity index (χ1v) is 6.68. The highest BCUT2D eigenvalue weighted by Gasteiger charge is 2.17. The zero-order valence-corrected chi connectivity index (χ0v) is 9.41. The van der Waals surface area contributed by atoms with E-state index >= 15 is 0 Å². The van der Waals surface area contributed by atoms with Gasteiger partial charge in [0.05, 0.1) is 0 Å². The molecular formula is C5H10ClIO2S. The Morgan fingerprint density at radius 3 is 2.40 bits per heavy atom. The predicted molar refractivity (Wildman–Crippen MR) is 52.1 cm³/mol. The highest BCUT2D eigenvalue weighted by molar-refractivity contribution is 14.1. The lowest BCUT2D eigenvalue weighted by Gasteiger charge is -2.02. The average molecular weight is 297 g/mol. The molecule has 62 valence electrons. The van der Waals surface area contributed by atoms with Crippen LogP contribution in [0, 0.1) is 0 Å². The second-order valence-corrected chi connectivity index (χ2v) is 7.19. The third kappa shape index (κ3) is 4.73. The van der Waals surface area contributed by atoms with Crippen LogP contribution in [0.5, 0.6) is 0 Å². The molecule has 1 unspecified atom stereocenters. The fourth-order valence-electron chi connectivity index (χ4n) is 0.505. The van der Waals surface area contributed by atoms with Crippen LogP contribution in [0.15, 0.2) is 0 Å². The molecule has 0 N–H and O–H groups in total. The van der Waals surface area contributed by atoms with Gasteiger partial charge in [-0.3, -0.25) is 0 Å². The van der Waals surface area contributed by atoms with Crippen molar-refractivity contribution >= 4 is 42.3 Å². The maximum Gasteiger partial charge on any atom is 0.244 e. The van der Waals surface area contributed by atoms with Crippen molar-refractivity contribution in [1.29, 1.82) is 0 Å². The van der Waals surface area contributed by atoms with Gasteiger partial charge in [-0.25, -0.2) is 8.42 Å². The van der Waals surface area contributed by atoms with Crippen LogP contribution in [0.4, 0.5) is 0 Å². The summed E-state index contributed by atoms with van der Waals surface area (Å²) in [6, 6.07) is 0. The normalized spacial score (nSPS) is 15.1. The first-order valence-electron chi connectivity index (χ1n) is 3.06. The Balaban J connectivity index is 3.75. The molecule has 0 rings (SSSR count). The maximum absolute atomic E-state index is 10.6. The van der Waals surface area contributed by atoms with E-state index in [1.54, 1.807) is 0 Å². The second-order valence-electron chi connectivity index (χ2n) is 2.03. The molecule has 0 radical (unpaired) electrons. The van der Waals surface area contributed by atoms with Crippen LogP contribution in [0.2, 0.25) is 0 Å². The average Bonchev–Trinajstić information content (AvgIpc) is 1.80. The lowest BCUT2D eigenvalue weighted by molar-refractivity contribution is 0.602. The van der Waals surface area contributed by atoms with E-state index in [4.69, 9.17) is 10.7 Å². The van der Waals surface area contributed by atoms with E-state index in [9.17, 15) is 8.42 Å². The summed E-state index contributed by atoms with van der Waals surface area (Å²) in [5, 5.41) is 0. The monoisotopic (exact) mass is 296 g/mol. The molecule has 10 heavy (non-hydrogen) atoms. The zero-order valence-electron chi connectivity index (χ0n) is 5.68. The molecule has 0 aromatic heterocycles. The van der Waals surface area contributed by atoms with E-state index in [2.05, 4.69) is 0 Å². The molecule has 0 heterocycles. The minimum Gasteiger partial charge on any atom is -0.211 e. The van der Waals surface area contributed by atoms with E-state index in [1.165, 1.54) is 0 Å². The van der Waals surface area contributed by atoms with Crippen LogP contribution < -0.4 is 0 Å². The first kappa shape index (κ1) is 11.0. The Bertz CT molecular complexity index is 178. The van der Waals surface area contributed by atoms with Crippen molar-refractivity contribution in [3.8, 4) is 0 Å². The fourth-order valence-corrected chi connectivity index (χ4v) is 1.66. The van der Waals surface area contributed by atoms with Gasteiger partial charge in [0.2, 0.25) is 9.05 Å². The summed E-state index contributed by atoms with van der Waals surface area (Å²) in [5.74, 6) is 0. The van der Waals surface area contributed by atoms with Crippen LogP contribution >= 0.6 is 33.3 Å². The Morgan fingerprint density at radius 1 is 1.60 bits per heavy atom. The molecule has 0 aliphatic heterocycles. The number of unbranched alkanes of at least 4 members (excludes halogenated alkanes) is 1. The lowest BCUT2D eigenvalue weighted by Crippen LogP contribution is -2.06. The largest absolute Gasteiger partial charge is 0.244 e. The van der Waals surface area contributed by atoms with Crippen LogP contribution in [0.1, 0.15) is 26.2 Å². The van der Waals surface area contributed by atoms with E-state index in [-0.39, 0.29) is 0 Å². The van der Waals surface area contributed by atoms with Gasteiger partial charge >= 0.3 is 0 Å². The molecule has 0 aliphatic carbocycles. The summed E-state index contributed by atoms with van der Waals surface area (Å²) in [6.45, 7) is 2.02. The Kier molecular flexibility index (Phi) is 5.23. The minimum atomic E-state index is -3.32. The molecule has 0 fully saturated rings. The van der Waals surface area contributed by atoms with Crippen LogP contribution in [0.3, 0.4) is 0 Å². The fraction of sp³-hybridized carbons (Fsp3) is 1.00. The molecule has 0 aromatic carbocycles. The summed E-state index contributed by atoms with van der Waals surface area (Å²) in [7, 11) is 1.77. The molecule has 0 amide bonds. The number of alkyl halides is 1. The van der Waals surface area contributed by atoms with Crippen LogP contribution in [-0.2, 0) is 9.05 Å². The molecule has 0 aliphatic rings. The van der Waals surface area contributed by atoms with E-state index < -0.39 is 12.3 Å². The molecule has 1 atom stereocenters. The van der Waals surface area contributed by atoms with Crippen molar-refractivity contribution in [3.05, 3.63) is 0 Å². The van der Waals surface area contributed by atoms with Crippen molar-refractivity contribution in [2.45, 2.75) is 29.4 Å². The summed E-state index contributed by atoms with van der Waals surface area (Å²) >= 11 is 1.85. The lowest BCUT2D eigenvalue weighted by atomic mass is 10.3. The predicted octanol–water partition coefficient (Wildman–Crippen LogP) is 2.51. The molecule has 0 saturated heterocycles. The number of halogens is 2. The van der Waals surface area contributed by atoms with E-state index in [0.717, 1.165) is 12.8 Å². The number of hydrogen-bond donors (Lipinski definition) is 0. The van der Waals surface area contributed by atoms with Gasteiger partial charge in [-0.1, -0.05) is 42.4 Å².